The lowest BCUT2D eigenvalue weighted by Gasteiger charge is -2.42. The molecule has 1 atom stereocenters. The molecule has 0 bridgehead atoms. The third-order valence-corrected chi connectivity index (χ3v) is 13.1. The van der Waals surface area contributed by atoms with Crippen LogP contribution in [0, 0.1) is 5.41 Å². The fourth-order valence-electron chi connectivity index (χ4n) is 4.70. The van der Waals surface area contributed by atoms with Gasteiger partial charge in [0.1, 0.15) is 5.60 Å². The van der Waals surface area contributed by atoms with E-state index in [-0.39, 0.29) is 17.2 Å². The number of fused-ring (bicyclic) bond motifs is 1. The number of rotatable bonds is 7. The number of carboxylic acid groups (broad SMARTS) is 1. The van der Waals surface area contributed by atoms with E-state index in [0.717, 1.165) is 35.0 Å². The molecule has 1 heterocycles. The van der Waals surface area contributed by atoms with Crippen LogP contribution in [-0.4, -0.2) is 54.1 Å². The molecular weight excluding hydrogens is 520 g/mol. The first kappa shape index (κ1) is 31.8. The Kier molecular flexibility index (Phi) is 9.26. The molecule has 0 aliphatic heterocycles. The molecule has 1 N–H and O–H groups in total. The van der Waals surface area contributed by atoms with Gasteiger partial charge in [-0.2, -0.15) is 0 Å². The van der Waals surface area contributed by atoms with Gasteiger partial charge in [-0.1, -0.05) is 51.1 Å². The molecule has 1 aliphatic carbocycles. The molecular formula is C32H48N2O5Si. The van der Waals surface area contributed by atoms with E-state index in [0.29, 0.717) is 12.8 Å². The van der Waals surface area contributed by atoms with E-state index in [2.05, 4.69) is 33.9 Å². The van der Waals surface area contributed by atoms with Crippen molar-refractivity contribution in [2.24, 2.45) is 5.41 Å². The predicted molar refractivity (Wildman–Crippen MR) is 164 cm³/mol. The number of carbonyl (C=O) groups excluding carboxylic acids is 1. The largest absolute Gasteiger partial charge is 0.481 e. The Hall–Kier alpha value is -2.71. The monoisotopic (exact) mass is 568 g/mol. The average molecular weight is 569 g/mol. The highest BCUT2D eigenvalue weighted by molar-refractivity contribution is 6.74. The number of aromatic nitrogens is 1. The van der Waals surface area contributed by atoms with Crippen LogP contribution >= 0.6 is 0 Å². The number of carbonyl (C=O) groups is 2. The fourth-order valence-corrected chi connectivity index (χ4v) is 6.12. The summed E-state index contributed by atoms with van der Waals surface area (Å²) in [6.07, 6.45) is 6.09. The molecule has 1 fully saturated rings. The summed E-state index contributed by atoms with van der Waals surface area (Å²) in [5, 5.41) is 11.3. The van der Waals surface area contributed by atoms with Crippen LogP contribution in [0.15, 0.2) is 36.4 Å². The standard InChI is InChI=1S/C32H48N2O5Si/c1-22(34(8)29(37)38-30(2,3)4)26-14-13-24-12-11-23(21-27(24)33-26)15-18-32(28(35)36)19-16-25(17-20-32)39-40(9,10)31(5,6)7/h11-15,18,21-22,25H,16-17,19-20H2,1-10H3,(H,35,36)/t22-,25?,32?/m1/s1. The van der Waals surface area contributed by atoms with Gasteiger partial charge in [-0.05, 0) is 89.2 Å². The molecule has 1 amide bonds. The number of amides is 1. The first-order chi connectivity index (χ1) is 18.3. The van der Waals surface area contributed by atoms with Crippen molar-refractivity contribution in [2.45, 2.75) is 110 Å². The van der Waals surface area contributed by atoms with Crippen LogP contribution in [-0.2, 0) is 14.0 Å². The molecule has 7 nitrogen and oxygen atoms in total. The summed E-state index contributed by atoms with van der Waals surface area (Å²) >= 11 is 0. The molecule has 0 radical (unpaired) electrons. The summed E-state index contributed by atoms with van der Waals surface area (Å²) in [4.78, 5) is 31.4. The lowest BCUT2D eigenvalue weighted by atomic mass is 9.73. The zero-order chi connectivity index (χ0) is 30.1. The van der Waals surface area contributed by atoms with Crippen molar-refractivity contribution >= 4 is 37.4 Å². The van der Waals surface area contributed by atoms with E-state index < -0.39 is 31.4 Å². The predicted octanol–water partition coefficient (Wildman–Crippen LogP) is 8.21. The third kappa shape index (κ3) is 7.52. The van der Waals surface area contributed by atoms with Crippen molar-refractivity contribution in [2.75, 3.05) is 7.05 Å². The Balaban J connectivity index is 1.77. The number of pyridine rings is 1. The molecule has 3 rings (SSSR count). The quantitative estimate of drug-likeness (QED) is 0.339. The van der Waals surface area contributed by atoms with Gasteiger partial charge in [0, 0.05) is 18.5 Å². The summed E-state index contributed by atoms with van der Waals surface area (Å²) in [6.45, 7) is 18.6. The van der Waals surface area contributed by atoms with E-state index >= 15 is 0 Å². The highest BCUT2D eigenvalue weighted by atomic mass is 28.4. The van der Waals surface area contributed by atoms with Crippen LogP contribution < -0.4 is 0 Å². The Morgan fingerprint density at radius 3 is 2.25 bits per heavy atom. The Bertz CT molecular complexity index is 1250. The van der Waals surface area contributed by atoms with Gasteiger partial charge in [0.25, 0.3) is 0 Å². The highest BCUT2D eigenvalue weighted by Gasteiger charge is 2.44. The van der Waals surface area contributed by atoms with Crippen molar-refractivity contribution in [3.05, 3.63) is 47.7 Å². The van der Waals surface area contributed by atoms with Gasteiger partial charge in [-0.25, -0.2) is 4.79 Å². The van der Waals surface area contributed by atoms with Gasteiger partial charge in [-0.3, -0.25) is 9.78 Å². The number of aliphatic carboxylic acids is 1. The first-order valence-electron chi connectivity index (χ1n) is 14.3. The lowest BCUT2D eigenvalue weighted by Crippen LogP contribution is -2.46. The molecule has 1 aromatic carbocycles. The van der Waals surface area contributed by atoms with E-state index in [1.807, 2.05) is 70.2 Å². The average Bonchev–Trinajstić information content (AvgIpc) is 2.85. The van der Waals surface area contributed by atoms with Gasteiger partial charge >= 0.3 is 12.1 Å². The summed E-state index contributed by atoms with van der Waals surface area (Å²) in [5.74, 6) is -0.783. The Labute approximate surface area is 241 Å². The maximum atomic E-state index is 12.6. The molecule has 0 unspecified atom stereocenters. The van der Waals surface area contributed by atoms with Crippen molar-refractivity contribution in [3.8, 4) is 0 Å². The van der Waals surface area contributed by atoms with Crippen LogP contribution in [0.1, 0.15) is 91.4 Å². The lowest BCUT2D eigenvalue weighted by molar-refractivity contribution is -0.148. The number of hydrogen-bond donors (Lipinski definition) is 1. The molecule has 220 valence electrons. The fraction of sp³-hybridized carbons (Fsp3) is 0.594. The Morgan fingerprint density at radius 1 is 1.10 bits per heavy atom. The summed E-state index contributed by atoms with van der Waals surface area (Å²) in [5.41, 5.74) is 0.963. The Morgan fingerprint density at radius 2 is 1.70 bits per heavy atom. The number of nitrogens with zero attached hydrogens (tertiary/aromatic N) is 2. The SMILES string of the molecule is C[C@H](c1ccc2ccc(C=CC3(C(=O)O)CCC(O[Si](C)(C)C(C)(C)C)CC3)cc2n1)N(C)C(=O)OC(C)(C)C. The molecule has 0 saturated heterocycles. The van der Waals surface area contributed by atoms with Crippen molar-refractivity contribution in [1.82, 2.24) is 9.88 Å². The molecule has 40 heavy (non-hydrogen) atoms. The molecule has 1 saturated carbocycles. The summed E-state index contributed by atoms with van der Waals surface area (Å²) in [6, 6.07) is 9.58. The number of benzene rings is 1. The maximum Gasteiger partial charge on any atom is 0.410 e. The van der Waals surface area contributed by atoms with Gasteiger partial charge in [0.2, 0.25) is 0 Å². The molecule has 1 aliphatic rings. The second kappa shape index (κ2) is 11.6. The van der Waals surface area contributed by atoms with E-state index in [1.54, 1.807) is 11.9 Å². The second-order valence-electron chi connectivity index (χ2n) is 13.8. The van der Waals surface area contributed by atoms with E-state index in [4.69, 9.17) is 14.1 Å². The van der Waals surface area contributed by atoms with Crippen molar-refractivity contribution in [1.29, 1.82) is 0 Å². The van der Waals surface area contributed by atoms with Crippen LogP contribution in [0.3, 0.4) is 0 Å². The zero-order valence-corrected chi connectivity index (χ0v) is 27.0. The number of hydrogen-bond acceptors (Lipinski definition) is 5. The minimum absolute atomic E-state index is 0.117. The molecule has 1 aromatic heterocycles. The molecule has 2 aromatic rings. The van der Waals surface area contributed by atoms with Gasteiger partial charge < -0.3 is 19.2 Å². The van der Waals surface area contributed by atoms with Gasteiger partial charge in [-0.15, -0.1) is 0 Å². The molecule has 8 heteroatoms. The smallest absolute Gasteiger partial charge is 0.410 e. The van der Waals surface area contributed by atoms with Crippen molar-refractivity contribution < 1.29 is 23.9 Å². The number of ether oxygens (including phenoxy) is 1. The van der Waals surface area contributed by atoms with Gasteiger partial charge in [0.15, 0.2) is 8.32 Å². The number of carboxylic acids is 1. The minimum atomic E-state index is -1.90. The van der Waals surface area contributed by atoms with Crippen LogP contribution in [0.2, 0.25) is 18.1 Å². The second-order valence-corrected chi connectivity index (χ2v) is 18.6. The topological polar surface area (TPSA) is 89.0 Å². The highest BCUT2D eigenvalue weighted by Crippen LogP contribution is 2.43. The van der Waals surface area contributed by atoms with Crippen LogP contribution in [0.5, 0.6) is 0 Å². The summed E-state index contributed by atoms with van der Waals surface area (Å²) < 4.78 is 12.1. The zero-order valence-electron chi connectivity index (χ0n) is 26.0. The van der Waals surface area contributed by atoms with E-state index in [9.17, 15) is 14.7 Å². The summed E-state index contributed by atoms with van der Waals surface area (Å²) in [7, 11) is -0.192. The normalized spacial score (nSPS) is 21.4. The van der Waals surface area contributed by atoms with Gasteiger partial charge in [0.05, 0.1) is 22.7 Å². The minimum Gasteiger partial charge on any atom is -0.481 e. The third-order valence-electron chi connectivity index (χ3n) is 8.54. The van der Waals surface area contributed by atoms with Crippen LogP contribution in [0.4, 0.5) is 4.79 Å². The van der Waals surface area contributed by atoms with E-state index in [1.165, 1.54) is 0 Å². The van der Waals surface area contributed by atoms with Crippen LogP contribution in [0.25, 0.3) is 17.0 Å². The van der Waals surface area contributed by atoms with Crippen molar-refractivity contribution in [3.63, 3.8) is 0 Å². The maximum absolute atomic E-state index is 12.6. The molecule has 0 spiro atoms. The first-order valence-corrected chi connectivity index (χ1v) is 17.2.